The Kier molecular flexibility index (Phi) is 6.16. The van der Waals surface area contributed by atoms with Crippen LogP contribution in [0.3, 0.4) is 0 Å². The highest BCUT2D eigenvalue weighted by atomic mass is 35.5. The van der Waals surface area contributed by atoms with Crippen molar-refractivity contribution in [2.45, 2.75) is 0 Å². The van der Waals surface area contributed by atoms with E-state index in [-0.39, 0.29) is 11.6 Å². The normalized spacial score (nSPS) is 11.0. The van der Waals surface area contributed by atoms with Crippen molar-refractivity contribution in [2.24, 2.45) is 0 Å². The molecule has 0 aliphatic rings. The first-order valence-electron chi connectivity index (χ1n) is 7.07. The number of sulfonamides is 1. The fourth-order valence-corrected chi connectivity index (χ4v) is 3.21. The molecule has 0 bridgehead atoms. The van der Waals surface area contributed by atoms with Crippen LogP contribution in [0.15, 0.2) is 42.5 Å². The molecule has 1 amide bonds. The van der Waals surface area contributed by atoms with Gasteiger partial charge < -0.3 is 10.1 Å². The average Bonchev–Trinajstić information content (AvgIpc) is 2.55. The number of benzene rings is 2. The standard InChI is InChI=1S/C16H16Cl2N2O4S/c1-24-13-6-4-12(5-7-13)20(25(2,22)23)10-16(21)19-11-3-8-14(17)15(18)9-11/h3-9H,10H2,1-2H3,(H,19,21). The lowest BCUT2D eigenvalue weighted by Gasteiger charge is -2.22. The van der Waals surface area contributed by atoms with Crippen LogP contribution in [0.5, 0.6) is 5.75 Å². The van der Waals surface area contributed by atoms with Crippen LogP contribution in [0.4, 0.5) is 11.4 Å². The fourth-order valence-electron chi connectivity index (χ4n) is 2.05. The van der Waals surface area contributed by atoms with Gasteiger partial charge in [0.05, 0.1) is 29.1 Å². The molecule has 2 aromatic rings. The Morgan fingerprint density at radius 2 is 1.76 bits per heavy atom. The summed E-state index contributed by atoms with van der Waals surface area (Å²) >= 11 is 11.7. The Morgan fingerprint density at radius 1 is 1.12 bits per heavy atom. The second-order valence-electron chi connectivity index (χ2n) is 5.14. The molecule has 2 aromatic carbocycles. The first kappa shape index (κ1) is 19.4. The molecule has 0 aliphatic carbocycles. The van der Waals surface area contributed by atoms with Crippen LogP contribution in [0.25, 0.3) is 0 Å². The lowest BCUT2D eigenvalue weighted by molar-refractivity contribution is -0.114. The summed E-state index contributed by atoms with van der Waals surface area (Å²) in [5.41, 5.74) is 0.773. The Bertz CT molecular complexity index is 870. The molecule has 0 heterocycles. The smallest absolute Gasteiger partial charge is 0.245 e. The number of nitrogens with zero attached hydrogens (tertiary/aromatic N) is 1. The number of anilines is 2. The third-order valence-electron chi connectivity index (χ3n) is 3.25. The maximum Gasteiger partial charge on any atom is 0.245 e. The van der Waals surface area contributed by atoms with Crippen molar-refractivity contribution in [1.82, 2.24) is 0 Å². The van der Waals surface area contributed by atoms with Crippen LogP contribution in [0, 0.1) is 0 Å². The minimum absolute atomic E-state index is 0.287. The van der Waals surface area contributed by atoms with Gasteiger partial charge in [0.15, 0.2) is 0 Å². The lowest BCUT2D eigenvalue weighted by atomic mass is 10.3. The highest BCUT2D eigenvalue weighted by Gasteiger charge is 2.21. The summed E-state index contributed by atoms with van der Waals surface area (Å²) in [6, 6.07) is 11.0. The van der Waals surface area contributed by atoms with Crippen LogP contribution in [0.2, 0.25) is 10.0 Å². The predicted molar refractivity (Wildman–Crippen MR) is 100 cm³/mol. The summed E-state index contributed by atoms with van der Waals surface area (Å²) in [4.78, 5) is 12.2. The monoisotopic (exact) mass is 402 g/mol. The number of halogens is 2. The van der Waals surface area contributed by atoms with E-state index in [4.69, 9.17) is 27.9 Å². The Balaban J connectivity index is 2.18. The number of amides is 1. The second kappa shape index (κ2) is 7.95. The zero-order valence-corrected chi connectivity index (χ0v) is 15.8. The molecule has 0 saturated heterocycles. The number of carbonyl (C=O) groups excluding carboxylic acids is 1. The molecule has 0 aromatic heterocycles. The number of rotatable bonds is 6. The van der Waals surface area contributed by atoms with Crippen molar-refractivity contribution in [3.63, 3.8) is 0 Å². The minimum atomic E-state index is -3.66. The van der Waals surface area contributed by atoms with Gasteiger partial charge in [0.1, 0.15) is 12.3 Å². The molecular weight excluding hydrogens is 387 g/mol. The van der Waals surface area contributed by atoms with E-state index in [0.717, 1.165) is 10.6 Å². The zero-order valence-electron chi connectivity index (χ0n) is 13.5. The van der Waals surface area contributed by atoms with Crippen molar-refractivity contribution in [2.75, 3.05) is 29.5 Å². The average molecular weight is 403 g/mol. The van der Waals surface area contributed by atoms with Crippen molar-refractivity contribution < 1.29 is 17.9 Å². The fraction of sp³-hybridized carbons (Fsp3) is 0.188. The molecular formula is C16H16Cl2N2O4S. The van der Waals surface area contributed by atoms with Crippen molar-refractivity contribution >= 4 is 50.5 Å². The molecule has 0 spiro atoms. The van der Waals surface area contributed by atoms with E-state index in [2.05, 4.69) is 5.32 Å². The van der Waals surface area contributed by atoms with Crippen LogP contribution in [0.1, 0.15) is 0 Å². The Hall–Kier alpha value is -1.96. The maximum atomic E-state index is 12.2. The van der Waals surface area contributed by atoms with E-state index in [0.29, 0.717) is 22.1 Å². The molecule has 0 fully saturated rings. The van der Waals surface area contributed by atoms with Crippen LogP contribution >= 0.6 is 23.2 Å². The summed E-state index contributed by atoms with van der Waals surface area (Å²) in [5.74, 6) is 0.0668. The minimum Gasteiger partial charge on any atom is -0.497 e. The number of methoxy groups -OCH3 is 1. The van der Waals surface area contributed by atoms with Gasteiger partial charge in [-0.15, -0.1) is 0 Å². The summed E-state index contributed by atoms with van der Waals surface area (Å²) in [6.45, 7) is -0.384. The molecule has 1 N–H and O–H groups in total. The highest BCUT2D eigenvalue weighted by Crippen LogP contribution is 2.25. The number of ether oxygens (including phenoxy) is 1. The molecule has 9 heteroatoms. The van der Waals surface area contributed by atoms with Crippen LogP contribution in [-0.4, -0.2) is 34.2 Å². The molecule has 0 aliphatic heterocycles. The lowest BCUT2D eigenvalue weighted by Crippen LogP contribution is -2.37. The third-order valence-corrected chi connectivity index (χ3v) is 5.13. The number of hydrogen-bond donors (Lipinski definition) is 1. The van der Waals surface area contributed by atoms with Gasteiger partial charge in [0, 0.05) is 5.69 Å². The molecule has 6 nitrogen and oxygen atoms in total. The summed E-state index contributed by atoms with van der Waals surface area (Å²) < 4.78 is 30.1. The molecule has 134 valence electrons. The molecule has 0 unspecified atom stereocenters. The van der Waals surface area contributed by atoms with E-state index in [9.17, 15) is 13.2 Å². The zero-order chi connectivity index (χ0) is 18.6. The topological polar surface area (TPSA) is 75.7 Å². The van der Waals surface area contributed by atoms with Crippen molar-refractivity contribution in [1.29, 1.82) is 0 Å². The summed E-state index contributed by atoms with van der Waals surface area (Å²) in [6.07, 6.45) is 1.03. The van der Waals surface area contributed by atoms with Gasteiger partial charge in [-0.25, -0.2) is 8.42 Å². The van der Waals surface area contributed by atoms with Gasteiger partial charge in [0.25, 0.3) is 0 Å². The van der Waals surface area contributed by atoms with E-state index >= 15 is 0 Å². The van der Waals surface area contributed by atoms with E-state index in [1.807, 2.05) is 0 Å². The maximum absolute atomic E-state index is 12.2. The molecule has 0 atom stereocenters. The van der Waals surface area contributed by atoms with Crippen molar-refractivity contribution in [3.05, 3.63) is 52.5 Å². The van der Waals surface area contributed by atoms with E-state index in [1.54, 1.807) is 30.3 Å². The van der Waals surface area contributed by atoms with Gasteiger partial charge in [-0.1, -0.05) is 23.2 Å². The number of hydrogen-bond acceptors (Lipinski definition) is 4. The van der Waals surface area contributed by atoms with Crippen LogP contribution in [-0.2, 0) is 14.8 Å². The van der Waals surface area contributed by atoms with E-state index in [1.165, 1.54) is 19.2 Å². The summed E-state index contributed by atoms with van der Waals surface area (Å²) in [5, 5.41) is 3.24. The van der Waals surface area contributed by atoms with Gasteiger partial charge >= 0.3 is 0 Å². The van der Waals surface area contributed by atoms with Crippen molar-refractivity contribution in [3.8, 4) is 5.75 Å². The van der Waals surface area contributed by atoms with Gasteiger partial charge in [0.2, 0.25) is 15.9 Å². The molecule has 2 rings (SSSR count). The quantitative estimate of drug-likeness (QED) is 0.802. The number of carbonyl (C=O) groups is 1. The van der Waals surface area contributed by atoms with Crippen LogP contribution < -0.4 is 14.4 Å². The molecule has 0 radical (unpaired) electrons. The SMILES string of the molecule is COc1ccc(N(CC(=O)Nc2ccc(Cl)c(Cl)c2)S(C)(=O)=O)cc1. The molecule has 0 saturated carbocycles. The van der Waals surface area contributed by atoms with Gasteiger partial charge in [-0.05, 0) is 42.5 Å². The second-order valence-corrected chi connectivity index (χ2v) is 7.87. The predicted octanol–water partition coefficient (Wildman–Crippen LogP) is 3.41. The summed E-state index contributed by atoms with van der Waals surface area (Å²) in [7, 11) is -2.15. The third kappa shape index (κ3) is 5.26. The first-order valence-corrected chi connectivity index (χ1v) is 9.68. The highest BCUT2D eigenvalue weighted by molar-refractivity contribution is 7.92. The van der Waals surface area contributed by atoms with Gasteiger partial charge in [-0.2, -0.15) is 0 Å². The Labute approximate surface area is 156 Å². The number of nitrogens with one attached hydrogen (secondary N) is 1. The first-order chi connectivity index (χ1) is 11.7. The largest absolute Gasteiger partial charge is 0.497 e. The van der Waals surface area contributed by atoms with E-state index < -0.39 is 15.9 Å². The molecule has 25 heavy (non-hydrogen) atoms. The van der Waals surface area contributed by atoms with Gasteiger partial charge in [-0.3, -0.25) is 9.10 Å². The Morgan fingerprint density at radius 3 is 2.28 bits per heavy atom.